The molecule has 0 atom stereocenters. The van der Waals surface area contributed by atoms with E-state index in [0.717, 1.165) is 10.2 Å². The summed E-state index contributed by atoms with van der Waals surface area (Å²) >= 11 is 3.33. The van der Waals surface area contributed by atoms with E-state index in [-0.39, 0.29) is 5.91 Å². The van der Waals surface area contributed by atoms with Gasteiger partial charge in [-0.1, -0.05) is 15.9 Å². The van der Waals surface area contributed by atoms with Crippen LogP contribution in [0.25, 0.3) is 0 Å². The van der Waals surface area contributed by atoms with Crippen LogP contribution in [0.15, 0.2) is 46.9 Å². The van der Waals surface area contributed by atoms with Crippen molar-refractivity contribution in [3.63, 3.8) is 0 Å². The van der Waals surface area contributed by atoms with Crippen molar-refractivity contribution >= 4 is 38.9 Å². The fourth-order valence-corrected chi connectivity index (χ4v) is 2.13. The minimum Gasteiger partial charge on any atom is -0.397 e. The van der Waals surface area contributed by atoms with Gasteiger partial charge < -0.3 is 16.0 Å². The van der Waals surface area contributed by atoms with Crippen molar-refractivity contribution in [1.82, 2.24) is 0 Å². The van der Waals surface area contributed by atoms with Gasteiger partial charge in [-0.15, -0.1) is 0 Å². The fourth-order valence-electron chi connectivity index (χ4n) is 1.75. The zero-order chi connectivity index (χ0) is 14.7. The maximum Gasteiger partial charge on any atom is 0.255 e. The molecule has 0 unspecified atom stereocenters. The molecular formula is C15H16BrN3O. The molecule has 0 aliphatic carbocycles. The Kier molecular flexibility index (Phi) is 4.29. The number of amides is 1. The topological polar surface area (TPSA) is 58.4 Å². The molecule has 4 nitrogen and oxygen atoms in total. The van der Waals surface area contributed by atoms with Crippen molar-refractivity contribution in [3.8, 4) is 0 Å². The van der Waals surface area contributed by atoms with Gasteiger partial charge in [-0.05, 0) is 42.5 Å². The van der Waals surface area contributed by atoms with E-state index in [2.05, 4.69) is 21.2 Å². The third-order valence-electron chi connectivity index (χ3n) is 2.91. The van der Waals surface area contributed by atoms with Crippen molar-refractivity contribution in [2.24, 2.45) is 0 Å². The lowest BCUT2D eigenvalue weighted by Crippen LogP contribution is -2.14. The van der Waals surface area contributed by atoms with Gasteiger partial charge in [0.1, 0.15) is 0 Å². The first-order valence-electron chi connectivity index (χ1n) is 6.11. The molecule has 0 aromatic heterocycles. The molecule has 20 heavy (non-hydrogen) atoms. The van der Waals surface area contributed by atoms with E-state index in [9.17, 15) is 4.79 Å². The number of carbonyl (C=O) groups excluding carboxylic acids is 1. The van der Waals surface area contributed by atoms with Gasteiger partial charge in [-0.2, -0.15) is 0 Å². The fraction of sp³-hybridized carbons (Fsp3) is 0.133. The lowest BCUT2D eigenvalue weighted by atomic mass is 10.1. The minimum atomic E-state index is -0.177. The third kappa shape index (κ3) is 3.30. The molecule has 5 heteroatoms. The number of nitrogens with two attached hydrogens (primary N) is 1. The van der Waals surface area contributed by atoms with Crippen LogP contribution >= 0.6 is 15.9 Å². The second-order valence-corrected chi connectivity index (χ2v) is 5.54. The second-order valence-electron chi connectivity index (χ2n) is 4.63. The number of carbonyl (C=O) groups is 1. The number of nitrogens with zero attached hydrogens (tertiary/aromatic N) is 1. The highest BCUT2D eigenvalue weighted by Crippen LogP contribution is 2.23. The smallest absolute Gasteiger partial charge is 0.255 e. The van der Waals surface area contributed by atoms with Crippen LogP contribution in [0.4, 0.5) is 17.1 Å². The average Bonchev–Trinajstić information content (AvgIpc) is 2.42. The van der Waals surface area contributed by atoms with E-state index in [1.807, 2.05) is 37.2 Å². The van der Waals surface area contributed by atoms with Gasteiger partial charge in [0, 0.05) is 29.8 Å². The first kappa shape index (κ1) is 14.4. The quantitative estimate of drug-likeness (QED) is 0.847. The molecule has 104 valence electrons. The molecule has 2 rings (SSSR count). The summed E-state index contributed by atoms with van der Waals surface area (Å²) in [5, 5.41) is 2.80. The number of hydrogen-bond donors (Lipinski definition) is 2. The predicted molar refractivity (Wildman–Crippen MR) is 87.3 cm³/mol. The number of nitrogen functional groups attached to an aromatic ring is 1. The summed E-state index contributed by atoms with van der Waals surface area (Å²) in [5.74, 6) is -0.177. The molecule has 0 fully saturated rings. The largest absolute Gasteiger partial charge is 0.397 e. The Morgan fingerprint density at radius 2 is 1.80 bits per heavy atom. The molecule has 0 bridgehead atoms. The molecular weight excluding hydrogens is 318 g/mol. The highest BCUT2D eigenvalue weighted by molar-refractivity contribution is 9.10. The highest BCUT2D eigenvalue weighted by Gasteiger charge is 2.08. The van der Waals surface area contributed by atoms with Crippen LogP contribution in [0, 0.1) is 0 Å². The number of benzene rings is 2. The number of anilines is 3. The van der Waals surface area contributed by atoms with Crippen molar-refractivity contribution < 1.29 is 4.79 Å². The van der Waals surface area contributed by atoms with E-state index < -0.39 is 0 Å². The summed E-state index contributed by atoms with van der Waals surface area (Å²) in [6.45, 7) is 0. The van der Waals surface area contributed by atoms with Gasteiger partial charge in [-0.3, -0.25) is 4.79 Å². The van der Waals surface area contributed by atoms with Crippen LogP contribution in [0.3, 0.4) is 0 Å². The van der Waals surface area contributed by atoms with Crippen LogP contribution < -0.4 is 16.0 Å². The molecule has 3 N–H and O–H groups in total. The average molecular weight is 334 g/mol. The molecule has 0 heterocycles. The molecule has 2 aromatic rings. The maximum absolute atomic E-state index is 12.1. The molecule has 1 amide bonds. The summed E-state index contributed by atoms with van der Waals surface area (Å²) in [5.41, 5.74) is 8.63. The summed E-state index contributed by atoms with van der Waals surface area (Å²) < 4.78 is 0.878. The van der Waals surface area contributed by atoms with Crippen molar-refractivity contribution in [2.45, 2.75) is 0 Å². The zero-order valence-electron chi connectivity index (χ0n) is 11.4. The Bertz CT molecular complexity index is 624. The normalized spacial score (nSPS) is 10.2. The van der Waals surface area contributed by atoms with E-state index in [1.165, 1.54) is 0 Å². The Labute approximate surface area is 126 Å². The summed E-state index contributed by atoms with van der Waals surface area (Å²) in [4.78, 5) is 14.1. The van der Waals surface area contributed by atoms with Gasteiger partial charge in [0.05, 0.1) is 11.4 Å². The van der Waals surface area contributed by atoms with Crippen LogP contribution in [-0.4, -0.2) is 20.0 Å². The predicted octanol–water partition coefficient (Wildman–Crippen LogP) is 3.35. The van der Waals surface area contributed by atoms with Gasteiger partial charge in [0.2, 0.25) is 0 Å². The molecule has 2 aromatic carbocycles. The second kappa shape index (κ2) is 5.96. The van der Waals surface area contributed by atoms with Crippen molar-refractivity contribution in [3.05, 3.63) is 52.5 Å². The standard InChI is InChI=1S/C15H16BrN3O/c1-19(2)12-6-3-10(4-7-12)15(20)18-14-8-5-11(16)9-13(14)17/h3-9H,17H2,1-2H3,(H,18,20). The van der Waals surface area contributed by atoms with Crippen molar-refractivity contribution in [1.29, 1.82) is 0 Å². The van der Waals surface area contributed by atoms with Crippen LogP contribution in [0.2, 0.25) is 0 Å². The van der Waals surface area contributed by atoms with Crippen LogP contribution in [0.1, 0.15) is 10.4 Å². The number of hydrogen-bond acceptors (Lipinski definition) is 3. The highest BCUT2D eigenvalue weighted by atomic mass is 79.9. The van der Waals surface area contributed by atoms with E-state index in [1.54, 1.807) is 24.3 Å². The maximum atomic E-state index is 12.1. The Morgan fingerprint density at radius 3 is 2.35 bits per heavy atom. The Hall–Kier alpha value is -2.01. The van der Waals surface area contributed by atoms with Gasteiger partial charge in [0.25, 0.3) is 5.91 Å². The number of rotatable bonds is 3. The van der Waals surface area contributed by atoms with Crippen molar-refractivity contribution in [2.75, 3.05) is 30.0 Å². The Morgan fingerprint density at radius 1 is 1.15 bits per heavy atom. The monoisotopic (exact) mass is 333 g/mol. The molecule has 0 saturated carbocycles. The first-order chi connectivity index (χ1) is 9.47. The SMILES string of the molecule is CN(C)c1ccc(C(=O)Nc2ccc(Br)cc2N)cc1. The van der Waals surface area contributed by atoms with Gasteiger partial charge in [-0.25, -0.2) is 0 Å². The minimum absolute atomic E-state index is 0.177. The van der Waals surface area contributed by atoms with E-state index >= 15 is 0 Å². The van der Waals surface area contributed by atoms with Gasteiger partial charge in [0.15, 0.2) is 0 Å². The molecule has 0 aliphatic heterocycles. The number of halogens is 1. The lowest BCUT2D eigenvalue weighted by Gasteiger charge is -2.13. The summed E-state index contributed by atoms with van der Waals surface area (Å²) in [6.07, 6.45) is 0. The molecule has 0 aliphatic rings. The number of nitrogens with one attached hydrogen (secondary N) is 1. The molecule has 0 radical (unpaired) electrons. The third-order valence-corrected chi connectivity index (χ3v) is 3.40. The van der Waals surface area contributed by atoms with E-state index in [4.69, 9.17) is 5.73 Å². The zero-order valence-corrected chi connectivity index (χ0v) is 12.9. The first-order valence-corrected chi connectivity index (χ1v) is 6.90. The van der Waals surface area contributed by atoms with Crippen LogP contribution in [-0.2, 0) is 0 Å². The van der Waals surface area contributed by atoms with E-state index in [0.29, 0.717) is 16.9 Å². The Balaban J connectivity index is 2.15. The lowest BCUT2D eigenvalue weighted by molar-refractivity contribution is 0.102. The summed E-state index contributed by atoms with van der Waals surface area (Å²) in [6, 6.07) is 12.7. The summed E-state index contributed by atoms with van der Waals surface area (Å²) in [7, 11) is 3.91. The van der Waals surface area contributed by atoms with Gasteiger partial charge >= 0.3 is 0 Å². The molecule has 0 saturated heterocycles. The molecule has 0 spiro atoms. The van der Waals surface area contributed by atoms with Crippen LogP contribution in [0.5, 0.6) is 0 Å².